The molecule has 0 spiro atoms. The van der Waals surface area contributed by atoms with Crippen LogP contribution in [0.1, 0.15) is 12.0 Å². The van der Waals surface area contributed by atoms with Crippen LogP contribution in [0, 0.1) is 0 Å². The number of carboxylic acid groups (broad SMARTS) is 1. The summed E-state index contributed by atoms with van der Waals surface area (Å²) in [5.74, 6) is -1.72. The van der Waals surface area contributed by atoms with Crippen molar-refractivity contribution in [2.45, 2.75) is 18.2 Å². The van der Waals surface area contributed by atoms with Gasteiger partial charge in [-0.05, 0) is 5.56 Å². The fourth-order valence-corrected chi connectivity index (χ4v) is 1.30. The minimum Gasteiger partial charge on any atom is -0.481 e. The summed E-state index contributed by atoms with van der Waals surface area (Å²) in [4.78, 5) is 10.4. The topological polar surface area (TPSA) is 57.5 Å². The van der Waals surface area contributed by atoms with Gasteiger partial charge >= 0.3 is 12.1 Å². The first-order valence-electron chi connectivity index (χ1n) is 4.34. The van der Waals surface area contributed by atoms with E-state index < -0.39 is 29.7 Å². The van der Waals surface area contributed by atoms with Crippen molar-refractivity contribution in [1.29, 1.82) is 0 Å². The first-order valence-corrected chi connectivity index (χ1v) is 4.34. The maximum Gasteiger partial charge on any atom is 0.422 e. The third-order valence-electron chi connectivity index (χ3n) is 2.13. The van der Waals surface area contributed by atoms with Gasteiger partial charge in [-0.15, -0.1) is 0 Å². The smallest absolute Gasteiger partial charge is 0.422 e. The van der Waals surface area contributed by atoms with E-state index in [0.29, 0.717) is 0 Å². The quantitative estimate of drug-likeness (QED) is 0.839. The summed E-state index contributed by atoms with van der Waals surface area (Å²) in [7, 11) is 0. The van der Waals surface area contributed by atoms with Gasteiger partial charge in [-0.1, -0.05) is 30.3 Å². The molecule has 0 bridgehead atoms. The molecule has 0 aromatic heterocycles. The molecule has 0 amide bonds. The van der Waals surface area contributed by atoms with E-state index in [1.165, 1.54) is 18.2 Å². The monoisotopic (exact) mass is 234 g/mol. The largest absolute Gasteiger partial charge is 0.481 e. The molecule has 1 atom stereocenters. The third kappa shape index (κ3) is 2.33. The van der Waals surface area contributed by atoms with E-state index in [0.717, 1.165) is 12.1 Å². The first kappa shape index (κ1) is 12.5. The number of hydrogen-bond donors (Lipinski definition) is 2. The lowest BCUT2D eigenvalue weighted by Crippen LogP contribution is -2.44. The van der Waals surface area contributed by atoms with Crippen LogP contribution in [-0.2, 0) is 10.4 Å². The average Bonchev–Trinajstić information content (AvgIpc) is 2.16. The van der Waals surface area contributed by atoms with Crippen molar-refractivity contribution in [3.8, 4) is 0 Å². The molecule has 1 unspecified atom stereocenters. The van der Waals surface area contributed by atoms with Crippen LogP contribution in [0.3, 0.4) is 0 Å². The van der Waals surface area contributed by atoms with Gasteiger partial charge in [0.15, 0.2) is 5.60 Å². The molecule has 0 saturated carbocycles. The van der Waals surface area contributed by atoms with Gasteiger partial charge in [-0.2, -0.15) is 13.2 Å². The Morgan fingerprint density at radius 1 is 1.19 bits per heavy atom. The molecule has 0 aliphatic rings. The van der Waals surface area contributed by atoms with E-state index in [2.05, 4.69) is 0 Å². The molecule has 2 N–H and O–H groups in total. The lowest BCUT2D eigenvalue weighted by atomic mass is 9.90. The predicted molar refractivity (Wildman–Crippen MR) is 48.6 cm³/mol. The van der Waals surface area contributed by atoms with Gasteiger partial charge in [0.25, 0.3) is 0 Å². The summed E-state index contributed by atoms with van der Waals surface area (Å²) < 4.78 is 37.9. The number of rotatable bonds is 3. The molecule has 0 heterocycles. The van der Waals surface area contributed by atoms with E-state index in [1.54, 1.807) is 0 Å². The fourth-order valence-electron chi connectivity index (χ4n) is 1.30. The Morgan fingerprint density at radius 3 is 2.06 bits per heavy atom. The number of aliphatic carboxylic acids is 1. The van der Waals surface area contributed by atoms with Crippen LogP contribution >= 0.6 is 0 Å². The normalized spacial score (nSPS) is 15.5. The van der Waals surface area contributed by atoms with E-state index in [1.807, 2.05) is 0 Å². The molecule has 0 saturated heterocycles. The zero-order valence-electron chi connectivity index (χ0n) is 8.03. The Hall–Kier alpha value is -1.56. The molecule has 0 radical (unpaired) electrons. The highest BCUT2D eigenvalue weighted by Crippen LogP contribution is 2.41. The van der Waals surface area contributed by atoms with Crippen molar-refractivity contribution in [2.75, 3.05) is 0 Å². The van der Waals surface area contributed by atoms with Crippen LogP contribution < -0.4 is 0 Å². The molecule has 0 fully saturated rings. The van der Waals surface area contributed by atoms with Crippen LogP contribution in [0.5, 0.6) is 0 Å². The van der Waals surface area contributed by atoms with Crippen LogP contribution in [0.4, 0.5) is 13.2 Å². The molecule has 1 aromatic rings. The molecule has 1 rings (SSSR count). The Balaban J connectivity index is 3.21. The Morgan fingerprint density at radius 2 is 1.69 bits per heavy atom. The molecule has 88 valence electrons. The number of benzene rings is 1. The maximum absolute atomic E-state index is 12.6. The van der Waals surface area contributed by atoms with E-state index in [4.69, 9.17) is 5.11 Å². The van der Waals surface area contributed by atoms with Crippen LogP contribution in [0.25, 0.3) is 0 Å². The zero-order valence-corrected chi connectivity index (χ0v) is 8.03. The number of aliphatic hydroxyl groups is 1. The molecular formula is C10H9F3O3. The average molecular weight is 234 g/mol. The van der Waals surface area contributed by atoms with Crippen molar-refractivity contribution in [2.24, 2.45) is 0 Å². The van der Waals surface area contributed by atoms with Crippen molar-refractivity contribution in [3.05, 3.63) is 35.9 Å². The van der Waals surface area contributed by atoms with Gasteiger partial charge in [0.1, 0.15) is 0 Å². The third-order valence-corrected chi connectivity index (χ3v) is 2.13. The summed E-state index contributed by atoms with van der Waals surface area (Å²) in [6.07, 6.45) is -6.45. The standard InChI is InChI=1S/C10H9F3O3/c11-10(12,13)9(16,6-8(14)15)7-4-2-1-3-5-7/h1-5,16H,6H2,(H,14,15). The molecule has 6 heteroatoms. The minimum atomic E-state index is -5.03. The van der Waals surface area contributed by atoms with Gasteiger partial charge in [0.2, 0.25) is 0 Å². The van der Waals surface area contributed by atoms with Crippen molar-refractivity contribution in [1.82, 2.24) is 0 Å². The van der Waals surface area contributed by atoms with E-state index in [-0.39, 0.29) is 0 Å². The second kappa shape index (κ2) is 4.13. The van der Waals surface area contributed by atoms with Gasteiger partial charge in [-0.3, -0.25) is 4.79 Å². The Kier molecular flexibility index (Phi) is 3.23. The number of halogens is 3. The first-order chi connectivity index (χ1) is 7.27. The second-order valence-electron chi connectivity index (χ2n) is 3.29. The van der Waals surface area contributed by atoms with Gasteiger partial charge in [0.05, 0.1) is 6.42 Å². The molecule has 1 aromatic carbocycles. The Labute approximate surface area is 89.1 Å². The summed E-state index contributed by atoms with van der Waals surface area (Å²) in [6.45, 7) is 0. The highest BCUT2D eigenvalue weighted by molar-refractivity contribution is 5.68. The van der Waals surface area contributed by atoms with Gasteiger partial charge in [0, 0.05) is 0 Å². The number of carbonyl (C=O) groups is 1. The van der Waals surface area contributed by atoms with Gasteiger partial charge in [-0.25, -0.2) is 0 Å². The highest BCUT2D eigenvalue weighted by atomic mass is 19.4. The zero-order chi connectivity index (χ0) is 12.4. The summed E-state index contributed by atoms with van der Waals surface area (Å²) in [5.41, 5.74) is -3.83. The second-order valence-corrected chi connectivity index (χ2v) is 3.29. The van der Waals surface area contributed by atoms with Crippen LogP contribution in [0.15, 0.2) is 30.3 Å². The summed E-state index contributed by atoms with van der Waals surface area (Å²) in [6, 6.07) is 6.15. The molecule has 3 nitrogen and oxygen atoms in total. The van der Waals surface area contributed by atoms with Crippen molar-refractivity contribution in [3.63, 3.8) is 0 Å². The number of alkyl halides is 3. The van der Waals surface area contributed by atoms with Crippen LogP contribution in [-0.4, -0.2) is 22.4 Å². The summed E-state index contributed by atoms with van der Waals surface area (Å²) >= 11 is 0. The van der Waals surface area contributed by atoms with Crippen molar-refractivity contribution >= 4 is 5.97 Å². The lowest BCUT2D eigenvalue weighted by molar-refractivity contribution is -0.269. The minimum absolute atomic E-state index is 0.482. The molecule has 0 aliphatic heterocycles. The van der Waals surface area contributed by atoms with E-state index in [9.17, 15) is 23.1 Å². The number of carboxylic acids is 1. The summed E-state index contributed by atoms with van der Waals surface area (Å²) in [5, 5.41) is 17.9. The Bertz CT molecular complexity index is 375. The van der Waals surface area contributed by atoms with Crippen molar-refractivity contribution < 1.29 is 28.2 Å². The SMILES string of the molecule is O=C(O)CC(O)(c1ccccc1)C(F)(F)F. The van der Waals surface area contributed by atoms with E-state index >= 15 is 0 Å². The fraction of sp³-hybridized carbons (Fsp3) is 0.300. The highest BCUT2D eigenvalue weighted by Gasteiger charge is 2.56. The lowest BCUT2D eigenvalue weighted by Gasteiger charge is -2.29. The molecular weight excluding hydrogens is 225 g/mol. The van der Waals surface area contributed by atoms with Gasteiger partial charge < -0.3 is 10.2 Å². The molecule has 16 heavy (non-hydrogen) atoms. The molecule has 0 aliphatic carbocycles. The van der Waals surface area contributed by atoms with Crippen LogP contribution in [0.2, 0.25) is 0 Å². The number of hydrogen-bond acceptors (Lipinski definition) is 2. The predicted octanol–water partition coefficient (Wildman–Crippen LogP) is 1.91. The maximum atomic E-state index is 12.6.